The number of para-hydroxylation sites is 1. The van der Waals surface area contributed by atoms with Crippen LogP contribution in [-0.2, 0) is 6.61 Å². The van der Waals surface area contributed by atoms with Crippen molar-refractivity contribution < 1.29 is 14.1 Å². The van der Waals surface area contributed by atoms with Crippen LogP contribution in [0.25, 0.3) is 0 Å². The van der Waals surface area contributed by atoms with Crippen molar-refractivity contribution in [2.24, 2.45) is 0 Å². The third-order valence-corrected chi connectivity index (χ3v) is 3.09. The van der Waals surface area contributed by atoms with Gasteiger partial charge in [-0.3, -0.25) is 4.79 Å². The van der Waals surface area contributed by atoms with Crippen molar-refractivity contribution in [2.45, 2.75) is 27.4 Å². The zero-order valence-electron chi connectivity index (χ0n) is 12.5. The average Bonchev–Trinajstić information content (AvgIpc) is 2.92. The molecule has 0 atom stereocenters. The number of hydrogen-bond acceptors (Lipinski definition) is 5. The summed E-state index contributed by atoms with van der Waals surface area (Å²) in [5, 5.41) is 3.77. The fraction of sp³-hybridized carbons (Fsp3) is 0.400. The predicted molar refractivity (Wildman–Crippen MR) is 77.1 cm³/mol. The highest BCUT2D eigenvalue weighted by atomic mass is 16.5. The van der Waals surface area contributed by atoms with Crippen molar-refractivity contribution >= 4 is 5.91 Å². The second-order valence-corrected chi connectivity index (χ2v) is 4.49. The number of aryl methyl sites for hydroxylation is 1. The van der Waals surface area contributed by atoms with Crippen LogP contribution in [0.1, 0.15) is 35.9 Å². The van der Waals surface area contributed by atoms with E-state index in [0.29, 0.717) is 36.1 Å². The number of nitrogens with zero attached hydrogens (tertiary/aromatic N) is 3. The summed E-state index contributed by atoms with van der Waals surface area (Å²) in [6.07, 6.45) is 0. The molecular formula is C15H19N3O3. The lowest BCUT2D eigenvalue weighted by Gasteiger charge is -2.20. The standard InChI is InChI=1S/C15H19N3O3/c1-4-18(5-2)15(19)12-8-6-7-9-13(12)20-10-14-16-11(3)21-17-14/h6-9H,4-5,10H2,1-3H3. The fourth-order valence-corrected chi connectivity index (χ4v) is 1.99. The Hall–Kier alpha value is -2.37. The minimum Gasteiger partial charge on any atom is -0.485 e. The molecule has 1 aromatic heterocycles. The van der Waals surface area contributed by atoms with Crippen LogP contribution in [0.15, 0.2) is 28.8 Å². The Labute approximate surface area is 123 Å². The van der Waals surface area contributed by atoms with Crippen LogP contribution in [0.2, 0.25) is 0 Å². The number of carbonyl (C=O) groups is 1. The van der Waals surface area contributed by atoms with Crippen molar-refractivity contribution in [1.82, 2.24) is 15.0 Å². The van der Waals surface area contributed by atoms with Crippen LogP contribution in [0, 0.1) is 6.92 Å². The number of hydrogen-bond donors (Lipinski definition) is 0. The first-order valence-electron chi connectivity index (χ1n) is 6.96. The highest BCUT2D eigenvalue weighted by Gasteiger charge is 2.17. The SMILES string of the molecule is CCN(CC)C(=O)c1ccccc1OCc1noc(C)n1. The first-order valence-corrected chi connectivity index (χ1v) is 6.96. The number of ether oxygens (including phenoxy) is 1. The summed E-state index contributed by atoms with van der Waals surface area (Å²) < 4.78 is 10.6. The maximum atomic E-state index is 12.4. The van der Waals surface area contributed by atoms with Gasteiger partial charge in [-0.2, -0.15) is 4.98 Å². The summed E-state index contributed by atoms with van der Waals surface area (Å²) in [4.78, 5) is 18.3. The van der Waals surface area contributed by atoms with Crippen molar-refractivity contribution in [2.75, 3.05) is 13.1 Å². The zero-order valence-corrected chi connectivity index (χ0v) is 12.5. The zero-order chi connectivity index (χ0) is 15.2. The molecule has 112 valence electrons. The summed E-state index contributed by atoms with van der Waals surface area (Å²) >= 11 is 0. The van der Waals surface area contributed by atoms with Crippen LogP contribution >= 0.6 is 0 Å². The van der Waals surface area contributed by atoms with Crippen LogP contribution in [0.3, 0.4) is 0 Å². The Balaban J connectivity index is 2.14. The third-order valence-electron chi connectivity index (χ3n) is 3.09. The lowest BCUT2D eigenvalue weighted by Crippen LogP contribution is -2.30. The van der Waals surface area contributed by atoms with Crippen LogP contribution in [0.5, 0.6) is 5.75 Å². The molecule has 2 aromatic rings. The molecule has 0 fully saturated rings. The Morgan fingerprint density at radius 2 is 2.00 bits per heavy atom. The molecule has 2 rings (SSSR count). The smallest absolute Gasteiger partial charge is 0.257 e. The van der Waals surface area contributed by atoms with E-state index in [2.05, 4.69) is 10.1 Å². The van der Waals surface area contributed by atoms with Gasteiger partial charge in [0.05, 0.1) is 5.56 Å². The monoisotopic (exact) mass is 289 g/mol. The maximum Gasteiger partial charge on any atom is 0.257 e. The van der Waals surface area contributed by atoms with Crippen molar-refractivity contribution in [3.63, 3.8) is 0 Å². The summed E-state index contributed by atoms with van der Waals surface area (Å²) in [6, 6.07) is 7.18. The van der Waals surface area contributed by atoms with Gasteiger partial charge in [0.1, 0.15) is 5.75 Å². The van der Waals surface area contributed by atoms with Gasteiger partial charge < -0.3 is 14.2 Å². The number of carbonyl (C=O) groups excluding carboxylic acids is 1. The minimum atomic E-state index is -0.0418. The molecule has 0 aliphatic rings. The molecule has 0 spiro atoms. The molecular weight excluding hydrogens is 270 g/mol. The molecule has 0 saturated heterocycles. The Morgan fingerprint density at radius 1 is 1.29 bits per heavy atom. The van der Waals surface area contributed by atoms with Gasteiger partial charge in [-0.1, -0.05) is 17.3 Å². The van der Waals surface area contributed by atoms with Gasteiger partial charge in [-0.15, -0.1) is 0 Å². The second kappa shape index (κ2) is 6.88. The number of rotatable bonds is 6. The summed E-state index contributed by atoms with van der Waals surface area (Å²) in [5.74, 6) is 1.43. The van der Waals surface area contributed by atoms with E-state index in [1.54, 1.807) is 24.0 Å². The Kier molecular flexibility index (Phi) is 4.92. The molecule has 6 nitrogen and oxygen atoms in total. The van der Waals surface area contributed by atoms with Gasteiger partial charge in [0.25, 0.3) is 5.91 Å². The van der Waals surface area contributed by atoms with Crippen LogP contribution in [0.4, 0.5) is 0 Å². The maximum absolute atomic E-state index is 12.4. The number of aromatic nitrogens is 2. The van der Waals surface area contributed by atoms with Crippen LogP contribution < -0.4 is 4.74 Å². The van der Waals surface area contributed by atoms with E-state index in [4.69, 9.17) is 9.26 Å². The van der Waals surface area contributed by atoms with Gasteiger partial charge in [0, 0.05) is 20.0 Å². The van der Waals surface area contributed by atoms with Crippen molar-refractivity contribution in [1.29, 1.82) is 0 Å². The molecule has 0 bridgehead atoms. The molecule has 0 saturated carbocycles. The molecule has 1 aromatic carbocycles. The van der Waals surface area contributed by atoms with E-state index in [-0.39, 0.29) is 12.5 Å². The molecule has 21 heavy (non-hydrogen) atoms. The Bertz CT molecular complexity index is 606. The van der Waals surface area contributed by atoms with E-state index < -0.39 is 0 Å². The summed E-state index contributed by atoms with van der Waals surface area (Å²) in [5.41, 5.74) is 0.543. The van der Waals surface area contributed by atoms with E-state index >= 15 is 0 Å². The highest BCUT2D eigenvalue weighted by molar-refractivity contribution is 5.96. The molecule has 1 heterocycles. The third kappa shape index (κ3) is 3.59. The van der Waals surface area contributed by atoms with E-state index in [1.807, 2.05) is 26.0 Å². The molecule has 0 aliphatic heterocycles. The predicted octanol–water partition coefficient (Wildman–Crippen LogP) is 2.44. The molecule has 0 radical (unpaired) electrons. The normalized spacial score (nSPS) is 10.4. The first kappa shape index (κ1) is 15.0. The first-order chi connectivity index (χ1) is 10.2. The van der Waals surface area contributed by atoms with Crippen LogP contribution in [-0.4, -0.2) is 34.0 Å². The molecule has 0 N–H and O–H groups in total. The van der Waals surface area contributed by atoms with Gasteiger partial charge in [-0.25, -0.2) is 0 Å². The fourth-order valence-electron chi connectivity index (χ4n) is 1.99. The summed E-state index contributed by atoms with van der Waals surface area (Å²) in [7, 11) is 0. The van der Waals surface area contributed by atoms with Crippen molar-refractivity contribution in [3.05, 3.63) is 41.5 Å². The topological polar surface area (TPSA) is 68.5 Å². The van der Waals surface area contributed by atoms with E-state index in [9.17, 15) is 4.79 Å². The number of amides is 1. The van der Waals surface area contributed by atoms with E-state index in [0.717, 1.165) is 0 Å². The highest BCUT2D eigenvalue weighted by Crippen LogP contribution is 2.20. The van der Waals surface area contributed by atoms with Gasteiger partial charge in [-0.05, 0) is 26.0 Å². The summed E-state index contributed by atoms with van der Waals surface area (Å²) in [6.45, 7) is 7.11. The molecule has 6 heteroatoms. The van der Waals surface area contributed by atoms with Gasteiger partial charge >= 0.3 is 0 Å². The Morgan fingerprint density at radius 3 is 2.62 bits per heavy atom. The second-order valence-electron chi connectivity index (χ2n) is 4.49. The molecule has 0 aliphatic carbocycles. The van der Waals surface area contributed by atoms with Crippen molar-refractivity contribution in [3.8, 4) is 5.75 Å². The van der Waals surface area contributed by atoms with E-state index in [1.165, 1.54) is 0 Å². The average molecular weight is 289 g/mol. The largest absolute Gasteiger partial charge is 0.485 e. The number of benzene rings is 1. The van der Waals surface area contributed by atoms with Gasteiger partial charge in [0.2, 0.25) is 11.7 Å². The van der Waals surface area contributed by atoms with Gasteiger partial charge in [0.15, 0.2) is 6.61 Å². The minimum absolute atomic E-state index is 0.0418. The lowest BCUT2D eigenvalue weighted by atomic mass is 10.1. The molecule has 1 amide bonds. The quantitative estimate of drug-likeness (QED) is 0.817. The lowest BCUT2D eigenvalue weighted by molar-refractivity contribution is 0.0768. The molecule has 0 unspecified atom stereocenters.